The van der Waals surface area contributed by atoms with E-state index in [4.69, 9.17) is 0 Å². The fraction of sp³-hybridized carbons (Fsp3) is 0.455. The molecular weight excluding hydrogens is 188 g/mol. The molecule has 2 aromatic heterocycles. The highest BCUT2D eigenvalue weighted by molar-refractivity contribution is 5.51. The summed E-state index contributed by atoms with van der Waals surface area (Å²) in [5.74, 6) is 1.63. The van der Waals surface area contributed by atoms with Gasteiger partial charge in [-0.2, -0.15) is 9.61 Å². The van der Waals surface area contributed by atoms with Crippen LogP contribution in [0.5, 0.6) is 0 Å². The van der Waals surface area contributed by atoms with E-state index in [2.05, 4.69) is 42.2 Å². The minimum Gasteiger partial charge on any atom is -0.370 e. The summed E-state index contributed by atoms with van der Waals surface area (Å²) in [6, 6.07) is 4.11. The van der Waals surface area contributed by atoms with Crippen LogP contribution in [0.4, 0.5) is 5.82 Å². The second-order valence-corrected chi connectivity index (χ2v) is 4.22. The molecule has 0 aliphatic rings. The minimum atomic E-state index is 0.615. The monoisotopic (exact) mass is 204 g/mol. The Morgan fingerprint density at radius 3 is 2.93 bits per heavy atom. The molecule has 0 aliphatic carbocycles. The van der Waals surface area contributed by atoms with Gasteiger partial charge in [0.2, 0.25) is 0 Å². The van der Waals surface area contributed by atoms with Gasteiger partial charge < -0.3 is 5.32 Å². The summed E-state index contributed by atoms with van der Waals surface area (Å²) in [7, 11) is 0. The van der Waals surface area contributed by atoms with Gasteiger partial charge in [-0.1, -0.05) is 13.8 Å². The van der Waals surface area contributed by atoms with Crippen LogP contribution in [0.3, 0.4) is 0 Å². The third kappa shape index (κ3) is 2.09. The van der Waals surface area contributed by atoms with Crippen molar-refractivity contribution in [2.45, 2.75) is 20.8 Å². The Labute approximate surface area is 89.3 Å². The molecule has 0 aliphatic heterocycles. The summed E-state index contributed by atoms with van der Waals surface area (Å²) in [5, 5.41) is 7.56. The number of aromatic nitrogens is 3. The molecule has 4 nitrogen and oxygen atoms in total. The molecule has 0 atom stereocenters. The Kier molecular flexibility index (Phi) is 2.58. The van der Waals surface area contributed by atoms with Crippen molar-refractivity contribution < 1.29 is 0 Å². The van der Waals surface area contributed by atoms with Crippen LogP contribution in [0, 0.1) is 12.8 Å². The second kappa shape index (κ2) is 3.88. The van der Waals surface area contributed by atoms with Crippen LogP contribution in [-0.2, 0) is 0 Å². The fourth-order valence-electron chi connectivity index (χ4n) is 1.49. The first-order valence-corrected chi connectivity index (χ1v) is 5.21. The van der Waals surface area contributed by atoms with Crippen molar-refractivity contribution in [2.24, 2.45) is 5.92 Å². The molecule has 2 aromatic rings. The van der Waals surface area contributed by atoms with Gasteiger partial charge >= 0.3 is 0 Å². The minimum absolute atomic E-state index is 0.615. The third-order valence-corrected chi connectivity index (χ3v) is 2.21. The van der Waals surface area contributed by atoms with Crippen LogP contribution >= 0.6 is 0 Å². The van der Waals surface area contributed by atoms with Gasteiger partial charge in [0, 0.05) is 6.54 Å². The lowest BCUT2D eigenvalue weighted by Crippen LogP contribution is -2.11. The molecule has 1 N–H and O–H groups in total. The second-order valence-electron chi connectivity index (χ2n) is 4.22. The average molecular weight is 204 g/mol. The van der Waals surface area contributed by atoms with Gasteiger partial charge in [0.1, 0.15) is 12.1 Å². The van der Waals surface area contributed by atoms with Gasteiger partial charge in [-0.15, -0.1) is 0 Å². The maximum Gasteiger partial charge on any atom is 0.157 e. The summed E-state index contributed by atoms with van der Waals surface area (Å²) in [4.78, 5) is 4.18. The highest BCUT2D eigenvalue weighted by Crippen LogP contribution is 2.13. The lowest BCUT2D eigenvalue weighted by Gasteiger charge is -2.10. The number of hydrogen-bond acceptors (Lipinski definition) is 3. The summed E-state index contributed by atoms with van der Waals surface area (Å²) in [6.07, 6.45) is 1.58. The molecule has 80 valence electrons. The van der Waals surface area contributed by atoms with Crippen molar-refractivity contribution in [1.29, 1.82) is 0 Å². The van der Waals surface area contributed by atoms with Crippen molar-refractivity contribution in [3.8, 4) is 0 Å². The zero-order valence-electron chi connectivity index (χ0n) is 9.36. The molecular formula is C11H16N4. The van der Waals surface area contributed by atoms with Gasteiger partial charge in [-0.25, -0.2) is 4.98 Å². The molecule has 0 bridgehead atoms. The average Bonchev–Trinajstić information content (AvgIpc) is 2.61. The molecule has 0 spiro atoms. The van der Waals surface area contributed by atoms with E-state index in [1.165, 1.54) is 5.56 Å². The molecule has 0 amide bonds. The van der Waals surface area contributed by atoms with Crippen molar-refractivity contribution in [3.63, 3.8) is 0 Å². The molecule has 0 saturated heterocycles. The summed E-state index contributed by atoms with van der Waals surface area (Å²) in [6.45, 7) is 7.37. The Hall–Kier alpha value is -1.58. The molecule has 0 unspecified atom stereocenters. The van der Waals surface area contributed by atoms with Crippen molar-refractivity contribution in [2.75, 3.05) is 11.9 Å². The predicted molar refractivity (Wildman–Crippen MR) is 61.1 cm³/mol. The quantitative estimate of drug-likeness (QED) is 0.832. The smallest absolute Gasteiger partial charge is 0.157 e. The van der Waals surface area contributed by atoms with E-state index >= 15 is 0 Å². The highest BCUT2D eigenvalue weighted by Gasteiger charge is 2.03. The number of nitrogens with zero attached hydrogens (tertiary/aromatic N) is 3. The number of pyridine rings is 1. The van der Waals surface area contributed by atoms with E-state index in [0.29, 0.717) is 5.92 Å². The number of hydrogen-bond donors (Lipinski definition) is 1. The van der Waals surface area contributed by atoms with E-state index in [9.17, 15) is 0 Å². The first kappa shape index (κ1) is 9.96. The zero-order valence-corrected chi connectivity index (χ0v) is 9.36. The van der Waals surface area contributed by atoms with Crippen LogP contribution in [0.2, 0.25) is 0 Å². The largest absolute Gasteiger partial charge is 0.370 e. The predicted octanol–water partition coefficient (Wildman–Crippen LogP) is 2.11. The number of fused-ring (bicyclic) bond motifs is 1. The molecule has 0 saturated carbocycles. The van der Waals surface area contributed by atoms with Crippen LogP contribution < -0.4 is 5.32 Å². The topological polar surface area (TPSA) is 42.2 Å². The molecule has 15 heavy (non-hydrogen) atoms. The number of nitrogens with one attached hydrogen (secondary N) is 1. The van der Waals surface area contributed by atoms with Gasteiger partial charge in [-0.05, 0) is 30.5 Å². The SMILES string of the molecule is Cc1cc(NCC(C)C)n2ncnc2c1. The Balaban J connectivity index is 2.35. The lowest BCUT2D eigenvalue weighted by molar-refractivity contribution is 0.684. The zero-order chi connectivity index (χ0) is 10.8. The number of rotatable bonds is 3. The van der Waals surface area contributed by atoms with E-state index in [1.807, 2.05) is 10.6 Å². The normalized spacial score (nSPS) is 11.2. The van der Waals surface area contributed by atoms with Crippen molar-refractivity contribution in [1.82, 2.24) is 14.6 Å². The number of anilines is 1. The summed E-state index contributed by atoms with van der Waals surface area (Å²) >= 11 is 0. The Morgan fingerprint density at radius 2 is 2.20 bits per heavy atom. The van der Waals surface area contributed by atoms with Gasteiger partial charge in [0.25, 0.3) is 0 Å². The first-order chi connectivity index (χ1) is 7.16. The standard InChI is InChI=1S/C11H16N4/c1-8(2)6-12-10-4-9(3)5-11-13-7-14-15(10)11/h4-5,7-8,12H,6H2,1-3H3. The summed E-state index contributed by atoms with van der Waals surface area (Å²) < 4.78 is 1.83. The molecule has 4 heteroatoms. The van der Waals surface area contributed by atoms with E-state index < -0.39 is 0 Å². The molecule has 0 fully saturated rings. The third-order valence-electron chi connectivity index (χ3n) is 2.21. The van der Waals surface area contributed by atoms with Crippen LogP contribution in [-0.4, -0.2) is 21.1 Å². The van der Waals surface area contributed by atoms with Gasteiger partial charge in [-0.3, -0.25) is 0 Å². The van der Waals surface area contributed by atoms with Crippen molar-refractivity contribution in [3.05, 3.63) is 24.0 Å². The lowest BCUT2D eigenvalue weighted by atomic mass is 10.2. The van der Waals surface area contributed by atoms with Crippen LogP contribution in [0.15, 0.2) is 18.5 Å². The van der Waals surface area contributed by atoms with Gasteiger partial charge in [0.15, 0.2) is 5.65 Å². The molecule has 0 aromatic carbocycles. The van der Waals surface area contributed by atoms with E-state index in [1.54, 1.807) is 6.33 Å². The number of aryl methyl sites for hydroxylation is 1. The Morgan fingerprint density at radius 1 is 1.40 bits per heavy atom. The fourth-order valence-corrected chi connectivity index (χ4v) is 1.49. The van der Waals surface area contributed by atoms with Crippen molar-refractivity contribution >= 4 is 11.5 Å². The molecule has 0 radical (unpaired) electrons. The molecule has 2 heterocycles. The summed E-state index contributed by atoms with van der Waals surface area (Å²) in [5.41, 5.74) is 2.09. The maximum atomic E-state index is 4.18. The highest BCUT2D eigenvalue weighted by atomic mass is 15.3. The van der Waals surface area contributed by atoms with E-state index in [-0.39, 0.29) is 0 Å². The van der Waals surface area contributed by atoms with Gasteiger partial charge in [0.05, 0.1) is 0 Å². The molecule has 2 rings (SSSR count). The van der Waals surface area contributed by atoms with E-state index in [0.717, 1.165) is 18.0 Å². The van der Waals surface area contributed by atoms with Crippen LogP contribution in [0.1, 0.15) is 19.4 Å². The van der Waals surface area contributed by atoms with Crippen LogP contribution in [0.25, 0.3) is 5.65 Å². The first-order valence-electron chi connectivity index (χ1n) is 5.21. The maximum absolute atomic E-state index is 4.18. The Bertz CT molecular complexity index is 459.